The molecule has 0 unspecified atom stereocenters. The number of aliphatic carboxylic acids is 1. The highest BCUT2D eigenvalue weighted by molar-refractivity contribution is 5.69. The Morgan fingerprint density at radius 2 is 1.89 bits per heavy atom. The molecular weight excluding hydrogens is 244 g/mol. The fourth-order valence-corrected chi connectivity index (χ4v) is 3.10. The number of rotatable bonds is 8. The fraction of sp³-hybridized carbons (Fsp3) is 0.929. The normalized spacial score (nSPS) is 33.8. The summed E-state index contributed by atoms with van der Waals surface area (Å²) in [5, 5.41) is 12.5. The Morgan fingerprint density at radius 3 is 2.42 bits per heavy atom. The van der Waals surface area contributed by atoms with E-state index in [9.17, 15) is 4.79 Å². The number of carboxylic acids is 1. The van der Waals surface area contributed by atoms with Gasteiger partial charge in [0.1, 0.15) is 0 Å². The first-order chi connectivity index (χ1) is 9.12. The minimum absolute atomic E-state index is 0.170. The molecule has 5 heteroatoms. The largest absolute Gasteiger partial charge is 0.480 e. The molecule has 0 heterocycles. The van der Waals surface area contributed by atoms with Crippen molar-refractivity contribution in [3.63, 3.8) is 0 Å². The van der Waals surface area contributed by atoms with Gasteiger partial charge in [0, 0.05) is 24.7 Å². The van der Waals surface area contributed by atoms with E-state index in [-0.39, 0.29) is 6.54 Å². The lowest BCUT2D eigenvalue weighted by Gasteiger charge is -2.46. The number of nitrogens with zero attached hydrogens (tertiary/aromatic N) is 1. The van der Waals surface area contributed by atoms with Crippen molar-refractivity contribution in [2.75, 3.05) is 19.7 Å². The maximum Gasteiger partial charge on any atom is 0.317 e. The fourth-order valence-electron chi connectivity index (χ4n) is 3.10. The number of carbonyl (C=O) groups is 1. The van der Waals surface area contributed by atoms with Crippen molar-refractivity contribution in [3.8, 4) is 0 Å². The number of hydrogen-bond acceptors (Lipinski definition) is 4. The van der Waals surface area contributed by atoms with Crippen molar-refractivity contribution in [1.29, 1.82) is 0 Å². The van der Waals surface area contributed by atoms with E-state index >= 15 is 0 Å². The molecule has 110 valence electrons. The number of likely N-dealkylation sites (N-methyl/N-ethyl adjacent to an activating group) is 1. The molecule has 0 aliphatic heterocycles. The van der Waals surface area contributed by atoms with Crippen LogP contribution in [0.15, 0.2) is 0 Å². The van der Waals surface area contributed by atoms with Gasteiger partial charge in [-0.1, -0.05) is 6.92 Å². The summed E-state index contributed by atoms with van der Waals surface area (Å²) in [6.45, 7) is 5.87. The van der Waals surface area contributed by atoms with Crippen LogP contribution in [0.3, 0.4) is 0 Å². The van der Waals surface area contributed by atoms with E-state index in [0.29, 0.717) is 24.2 Å². The van der Waals surface area contributed by atoms with Crippen LogP contribution in [0.2, 0.25) is 0 Å². The van der Waals surface area contributed by atoms with Crippen LogP contribution in [0.4, 0.5) is 0 Å². The predicted octanol–water partition coefficient (Wildman–Crippen LogP) is 1.08. The smallest absolute Gasteiger partial charge is 0.317 e. The maximum atomic E-state index is 10.8. The molecule has 5 nitrogen and oxygen atoms in total. The predicted molar refractivity (Wildman–Crippen MR) is 73.3 cm³/mol. The minimum Gasteiger partial charge on any atom is -0.480 e. The molecule has 0 bridgehead atoms. The van der Waals surface area contributed by atoms with Crippen molar-refractivity contribution >= 4 is 5.97 Å². The van der Waals surface area contributed by atoms with Gasteiger partial charge in [-0.15, -0.1) is 0 Å². The average Bonchev–Trinajstić information content (AvgIpc) is 2.26. The molecule has 0 aromatic rings. The summed E-state index contributed by atoms with van der Waals surface area (Å²) in [5.41, 5.74) is 0. The average molecular weight is 270 g/mol. The molecule has 0 aromatic heterocycles. The second kappa shape index (κ2) is 6.68. The second-order valence-electron chi connectivity index (χ2n) is 5.69. The third-order valence-corrected chi connectivity index (χ3v) is 4.34. The van der Waals surface area contributed by atoms with Gasteiger partial charge in [-0.05, 0) is 39.2 Å². The van der Waals surface area contributed by atoms with Gasteiger partial charge in [-0.2, -0.15) is 0 Å². The summed E-state index contributed by atoms with van der Waals surface area (Å²) >= 11 is 0. The molecule has 0 amide bonds. The standard InChI is InChI=1S/C14H26N2O3/c1-3-16(9-14(17)18)12-5-10(6-12)15-11-7-13(8-11)19-4-2/h10-13,15H,3-9H2,1-2H3,(H,17,18). The number of carboxylic acid groups (broad SMARTS) is 1. The Balaban J connectivity index is 1.60. The van der Waals surface area contributed by atoms with Crippen LogP contribution in [-0.2, 0) is 9.53 Å². The monoisotopic (exact) mass is 270 g/mol. The zero-order valence-electron chi connectivity index (χ0n) is 12.0. The number of ether oxygens (including phenoxy) is 1. The lowest BCUT2D eigenvalue weighted by atomic mass is 9.81. The van der Waals surface area contributed by atoms with Crippen molar-refractivity contribution in [2.24, 2.45) is 0 Å². The summed E-state index contributed by atoms with van der Waals surface area (Å²) in [6, 6.07) is 1.62. The van der Waals surface area contributed by atoms with Crippen LogP contribution in [0, 0.1) is 0 Å². The van der Waals surface area contributed by atoms with Crippen molar-refractivity contribution in [2.45, 2.75) is 63.8 Å². The summed E-state index contributed by atoms with van der Waals surface area (Å²) in [5.74, 6) is -0.725. The van der Waals surface area contributed by atoms with Gasteiger partial charge >= 0.3 is 5.97 Å². The molecule has 2 aliphatic carbocycles. The topological polar surface area (TPSA) is 61.8 Å². The third kappa shape index (κ3) is 3.91. The van der Waals surface area contributed by atoms with Gasteiger partial charge in [0.2, 0.25) is 0 Å². The van der Waals surface area contributed by atoms with Crippen LogP contribution in [-0.4, -0.2) is 59.9 Å². The summed E-state index contributed by atoms with van der Waals surface area (Å²) < 4.78 is 5.55. The first-order valence-electron chi connectivity index (χ1n) is 7.45. The quantitative estimate of drug-likeness (QED) is 0.691. The summed E-state index contributed by atoms with van der Waals surface area (Å²) in [6.07, 6.45) is 4.87. The molecule has 19 heavy (non-hydrogen) atoms. The van der Waals surface area contributed by atoms with Crippen LogP contribution < -0.4 is 5.32 Å². The first kappa shape index (κ1) is 14.8. The lowest BCUT2D eigenvalue weighted by Crippen LogP contribution is -2.58. The molecule has 0 spiro atoms. The highest BCUT2D eigenvalue weighted by Crippen LogP contribution is 2.30. The van der Waals surface area contributed by atoms with Gasteiger partial charge in [0.15, 0.2) is 0 Å². The van der Waals surface area contributed by atoms with Crippen molar-refractivity contribution in [1.82, 2.24) is 10.2 Å². The van der Waals surface area contributed by atoms with Gasteiger partial charge in [-0.3, -0.25) is 9.69 Å². The SMILES string of the molecule is CCOC1CC(NC2CC(N(CC)CC(=O)O)C2)C1. The van der Waals surface area contributed by atoms with Crippen molar-refractivity contribution < 1.29 is 14.6 Å². The molecule has 2 fully saturated rings. The molecule has 0 radical (unpaired) electrons. The number of nitrogens with one attached hydrogen (secondary N) is 1. The Morgan fingerprint density at radius 1 is 1.26 bits per heavy atom. The zero-order chi connectivity index (χ0) is 13.8. The summed E-state index contributed by atoms with van der Waals surface area (Å²) in [7, 11) is 0. The number of hydrogen-bond donors (Lipinski definition) is 2. The molecule has 2 N–H and O–H groups in total. The van der Waals surface area contributed by atoms with Crippen LogP contribution in [0.5, 0.6) is 0 Å². The van der Waals surface area contributed by atoms with E-state index in [0.717, 1.165) is 38.8 Å². The Labute approximate surface area is 115 Å². The maximum absolute atomic E-state index is 10.8. The van der Waals surface area contributed by atoms with Crippen LogP contribution in [0.25, 0.3) is 0 Å². The first-order valence-corrected chi connectivity index (χ1v) is 7.45. The van der Waals surface area contributed by atoms with E-state index in [4.69, 9.17) is 9.84 Å². The molecule has 2 aliphatic rings. The highest BCUT2D eigenvalue weighted by atomic mass is 16.5. The Hall–Kier alpha value is -0.650. The van der Waals surface area contributed by atoms with E-state index in [1.807, 2.05) is 13.8 Å². The molecule has 2 saturated carbocycles. The van der Waals surface area contributed by atoms with Gasteiger partial charge in [0.25, 0.3) is 0 Å². The van der Waals surface area contributed by atoms with E-state index in [2.05, 4.69) is 10.2 Å². The van der Waals surface area contributed by atoms with Gasteiger partial charge < -0.3 is 15.2 Å². The zero-order valence-corrected chi connectivity index (χ0v) is 12.0. The third-order valence-electron chi connectivity index (χ3n) is 4.34. The molecule has 0 atom stereocenters. The van der Waals surface area contributed by atoms with Crippen LogP contribution >= 0.6 is 0 Å². The Kier molecular flexibility index (Phi) is 5.19. The Bertz CT molecular complexity index is 299. The van der Waals surface area contributed by atoms with E-state index < -0.39 is 5.97 Å². The van der Waals surface area contributed by atoms with E-state index in [1.54, 1.807) is 0 Å². The van der Waals surface area contributed by atoms with Gasteiger partial charge in [0.05, 0.1) is 12.6 Å². The lowest BCUT2D eigenvalue weighted by molar-refractivity contribution is -0.139. The molecular formula is C14H26N2O3. The highest BCUT2D eigenvalue weighted by Gasteiger charge is 2.37. The van der Waals surface area contributed by atoms with Crippen LogP contribution in [0.1, 0.15) is 39.5 Å². The second-order valence-corrected chi connectivity index (χ2v) is 5.69. The molecule has 0 aromatic carbocycles. The summed E-state index contributed by atoms with van der Waals surface area (Å²) in [4.78, 5) is 12.8. The minimum atomic E-state index is -0.725. The van der Waals surface area contributed by atoms with Gasteiger partial charge in [-0.25, -0.2) is 0 Å². The molecule has 2 rings (SSSR count). The van der Waals surface area contributed by atoms with Crippen molar-refractivity contribution in [3.05, 3.63) is 0 Å². The van der Waals surface area contributed by atoms with E-state index in [1.165, 1.54) is 0 Å². The molecule has 0 saturated heterocycles.